The summed E-state index contributed by atoms with van der Waals surface area (Å²) in [7, 11) is 0. The standard InChI is InChI=1S/C6H12N2O/c1-3-6(7)8-5(2)4-9/h3,5,9H,1,4H2,2H3,(H2,7,8)/t5-/m1/s1. The zero-order chi connectivity index (χ0) is 7.28. The molecule has 0 amide bonds. The molecule has 0 heterocycles. The van der Waals surface area contributed by atoms with Crippen molar-refractivity contribution < 1.29 is 5.11 Å². The van der Waals surface area contributed by atoms with E-state index in [1.807, 2.05) is 0 Å². The van der Waals surface area contributed by atoms with Crippen molar-refractivity contribution in [1.82, 2.24) is 5.32 Å². The second-order valence-electron chi connectivity index (χ2n) is 1.85. The molecule has 9 heavy (non-hydrogen) atoms. The molecule has 3 nitrogen and oxygen atoms in total. The molecular formula is C6H12N2O. The van der Waals surface area contributed by atoms with E-state index in [2.05, 4.69) is 11.9 Å². The number of aliphatic hydroxyl groups excluding tert-OH is 1. The minimum absolute atomic E-state index is 0.0379. The van der Waals surface area contributed by atoms with Crippen molar-refractivity contribution in [2.24, 2.45) is 0 Å². The summed E-state index contributed by atoms with van der Waals surface area (Å²) in [5.74, 6) is 0.247. The van der Waals surface area contributed by atoms with Gasteiger partial charge in [0, 0.05) is 6.04 Å². The van der Waals surface area contributed by atoms with E-state index in [-0.39, 0.29) is 18.5 Å². The van der Waals surface area contributed by atoms with Crippen LogP contribution in [0, 0.1) is 5.41 Å². The van der Waals surface area contributed by atoms with E-state index in [4.69, 9.17) is 10.5 Å². The van der Waals surface area contributed by atoms with Crippen molar-refractivity contribution in [3.05, 3.63) is 12.7 Å². The Balaban J connectivity index is 3.46. The second-order valence-corrected chi connectivity index (χ2v) is 1.85. The molecule has 3 N–H and O–H groups in total. The first-order valence-electron chi connectivity index (χ1n) is 2.79. The smallest absolute Gasteiger partial charge is 0.117 e. The Kier molecular flexibility index (Phi) is 3.71. The molecule has 0 aromatic carbocycles. The summed E-state index contributed by atoms with van der Waals surface area (Å²) in [5.41, 5.74) is 0. The molecule has 1 atom stereocenters. The van der Waals surface area contributed by atoms with E-state index < -0.39 is 0 Å². The lowest BCUT2D eigenvalue weighted by Crippen LogP contribution is -2.33. The summed E-state index contributed by atoms with van der Waals surface area (Å²) in [6.07, 6.45) is 1.40. The molecule has 0 unspecified atom stereocenters. The van der Waals surface area contributed by atoms with Crippen LogP contribution in [0.3, 0.4) is 0 Å². The summed E-state index contributed by atoms with van der Waals surface area (Å²) >= 11 is 0. The quantitative estimate of drug-likeness (QED) is 0.373. The number of amidine groups is 1. The molecular weight excluding hydrogens is 116 g/mol. The van der Waals surface area contributed by atoms with E-state index in [0.717, 1.165) is 0 Å². The summed E-state index contributed by atoms with van der Waals surface area (Å²) in [6.45, 7) is 5.21. The molecule has 0 spiro atoms. The zero-order valence-electron chi connectivity index (χ0n) is 5.52. The molecule has 0 bridgehead atoms. The highest BCUT2D eigenvalue weighted by Crippen LogP contribution is 1.77. The molecule has 0 aliphatic rings. The van der Waals surface area contributed by atoms with Crippen LogP contribution in [0.1, 0.15) is 6.92 Å². The maximum atomic E-state index is 8.49. The summed E-state index contributed by atoms with van der Waals surface area (Å²) < 4.78 is 0. The maximum Gasteiger partial charge on any atom is 0.117 e. The first-order chi connectivity index (χ1) is 4.20. The normalized spacial score (nSPS) is 12.2. The van der Waals surface area contributed by atoms with Gasteiger partial charge in [-0.15, -0.1) is 0 Å². The van der Waals surface area contributed by atoms with Crippen molar-refractivity contribution in [3.8, 4) is 0 Å². The van der Waals surface area contributed by atoms with Crippen LogP contribution >= 0.6 is 0 Å². The number of rotatable bonds is 3. The Bertz CT molecular complexity index is 112. The first kappa shape index (κ1) is 8.17. The molecule has 0 radical (unpaired) electrons. The van der Waals surface area contributed by atoms with Gasteiger partial charge in [0.05, 0.1) is 6.61 Å². The number of aliphatic hydroxyl groups is 1. The molecule has 3 heteroatoms. The fourth-order valence-corrected chi connectivity index (χ4v) is 0.370. The lowest BCUT2D eigenvalue weighted by atomic mass is 10.3. The fraction of sp³-hybridized carbons (Fsp3) is 0.500. The Labute approximate surface area is 54.9 Å². The van der Waals surface area contributed by atoms with Gasteiger partial charge in [-0.3, -0.25) is 5.41 Å². The number of hydrogen-bond donors (Lipinski definition) is 3. The zero-order valence-corrected chi connectivity index (χ0v) is 5.52. The van der Waals surface area contributed by atoms with Crippen molar-refractivity contribution in [3.63, 3.8) is 0 Å². The van der Waals surface area contributed by atoms with Crippen LogP contribution in [0.2, 0.25) is 0 Å². The third-order valence-corrected chi connectivity index (χ3v) is 0.880. The predicted octanol–water partition coefficient (Wildman–Crippen LogP) is 0.120. The molecule has 0 fully saturated rings. The highest BCUT2D eigenvalue weighted by atomic mass is 16.3. The highest BCUT2D eigenvalue weighted by Gasteiger charge is 1.96. The third kappa shape index (κ3) is 3.73. The molecule has 0 rings (SSSR count). The van der Waals surface area contributed by atoms with Crippen LogP contribution in [0.5, 0.6) is 0 Å². The molecule has 0 aliphatic carbocycles. The Morgan fingerprint density at radius 3 is 2.89 bits per heavy atom. The topological polar surface area (TPSA) is 56.1 Å². The van der Waals surface area contributed by atoms with E-state index in [1.54, 1.807) is 6.92 Å². The lowest BCUT2D eigenvalue weighted by Gasteiger charge is -2.09. The van der Waals surface area contributed by atoms with Gasteiger partial charge in [0.15, 0.2) is 0 Å². The third-order valence-electron chi connectivity index (χ3n) is 0.880. The monoisotopic (exact) mass is 128 g/mol. The van der Waals surface area contributed by atoms with E-state index in [0.29, 0.717) is 0 Å². The Morgan fingerprint density at radius 2 is 2.56 bits per heavy atom. The van der Waals surface area contributed by atoms with Crippen molar-refractivity contribution in [2.75, 3.05) is 6.61 Å². The molecule has 0 aliphatic heterocycles. The van der Waals surface area contributed by atoms with Crippen LogP contribution < -0.4 is 5.32 Å². The largest absolute Gasteiger partial charge is 0.394 e. The Hall–Kier alpha value is -0.830. The van der Waals surface area contributed by atoms with Crippen LogP contribution in [0.15, 0.2) is 12.7 Å². The van der Waals surface area contributed by atoms with E-state index in [1.165, 1.54) is 6.08 Å². The minimum atomic E-state index is -0.0597. The van der Waals surface area contributed by atoms with Gasteiger partial charge in [0.1, 0.15) is 5.84 Å². The molecule has 0 aromatic rings. The summed E-state index contributed by atoms with van der Waals surface area (Å²) in [5, 5.41) is 18.2. The van der Waals surface area contributed by atoms with Gasteiger partial charge in [-0.1, -0.05) is 6.58 Å². The fourth-order valence-electron chi connectivity index (χ4n) is 0.370. The molecule has 0 aromatic heterocycles. The average Bonchev–Trinajstić information content (AvgIpc) is 1.87. The Morgan fingerprint density at radius 1 is 2.00 bits per heavy atom. The van der Waals surface area contributed by atoms with Gasteiger partial charge in [-0.2, -0.15) is 0 Å². The number of hydrogen-bond acceptors (Lipinski definition) is 2. The molecule has 52 valence electrons. The van der Waals surface area contributed by atoms with Gasteiger partial charge in [-0.25, -0.2) is 0 Å². The van der Waals surface area contributed by atoms with Crippen LogP contribution in [-0.2, 0) is 0 Å². The van der Waals surface area contributed by atoms with Gasteiger partial charge in [0.2, 0.25) is 0 Å². The predicted molar refractivity (Wildman–Crippen MR) is 37.6 cm³/mol. The van der Waals surface area contributed by atoms with Crippen LogP contribution in [0.25, 0.3) is 0 Å². The minimum Gasteiger partial charge on any atom is -0.394 e. The van der Waals surface area contributed by atoms with E-state index >= 15 is 0 Å². The summed E-state index contributed by atoms with van der Waals surface area (Å²) in [4.78, 5) is 0. The lowest BCUT2D eigenvalue weighted by molar-refractivity contribution is 0.264. The van der Waals surface area contributed by atoms with E-state index in [9.17, 15) is 0 Å². The SMILES string of the molecule is C=CC(=N)N[C@H](C)CO. The first-order valence-corrected chi connectivity index (χ1v) is 2.79. The molecule has 0 saturated heterocycles. The average molecular weight is 128 g/mol. The van der Waals surface area contributed by atoms with Gasteiger partial charge in [0.25, 0.3) is 0 Å². The number of nitrogens with one attached hydrogen (secondary N) is 2. The van der Waals surface area contributed by atoms with Crippen molar-refractivity contribution in [2.45, 2.75) is 13.0 Å². The van der Waals surface area contributed by atoms with Gasteiger partial charge >= 0.3 is 0 Å². The molecule has 0 saturated carbocycles. The van der Waals surface area contributed by atoms with Crippen molar-refractivity contribution in [1.29, 1.82) is 5.41 Å². The van der Waals surface area contributed by atoms with Gasteiger partial charge < -0.3 is 10.4 Å². The van der Waals surface area contributed by atoms with Crippen molar-refractivity contribution >= 4 is 5.84 Å². The van der Waals surface area contributed by atoms with Crippen LogP contribution in [-0.4, -0.2) is 23.6 Å². The second kappa shape index (κ2) is 4.09. The van der Waals surface area contributed by atoms with Gasteiger partial charge in [-0.05, 0) is 13.0 Å². The van der Waals surface area contributed by atoms with Crippen LogP contribution in [0.4, 0.5) is 0 Å². The highest BCUT2D eigenvalue weighted by molar-refractivity contribution is 5.89. The maximum absolute atomic E-state index is 8.49. The summed E-state index contributed by atoms with van der Waals surface area (Å²) in [6, 6.07) is -0.0597.